The van der Waals surface area contributed by atoms with E-state index in [1.165, 1.54) is 0 Å². The number of nitrogens with one attached hydrogen (secondary N) is 2. The normalized spacial score (nSPS) is 10.5. The second-order valence-electron chi connectivity index (χ2n) is 3.79. The molecular weight excluding hydrogens is 254 g/mol. The van der Waals surface area contributed by atoms with Crippen LogP contribution in [0.5, 0.6) is 0 Å². The van der Waals surface area contributed by atoms with Gasteiger partial charge in [-0.1, -0.05) is 0 Å². The Balaban J connectivity index is 2.19. The van der Waals surface area contributed by atoms with Gasteiger partial charge in [0.2, 0.25) is 16.8 Å². The third-order valence-electron chi connectivity index (χ3n) is 2.27. The molecule has 0 spiro atoms. The van der Waals surface area contributed by atoms with Gasteiger partial charge in [0.15, 0.2) is 0 Å². The summed E-state index contributed by atoms with van der Waals surface area (Å²) in [6.07, 6.45) is 1.64. The van der Waals surface area contributed by atoms with E-state index < -0.39 is 10.9 Å². The summed E-state index contributed by atoms with van der Waals surface area (Å²) in [6, 6.07) is 6.89. The summed E-state index contributed by atoms with van der Waals surface area (Å²) in [5, 5.41) is 2.73. The predicted octanol–water partition coefficient (Wildman–Crippen LogP) is 0.494. The first kappa shape index (κ1) is 14.5. The molecule has 0 saturated carbocycles. The van der Waals surface area contributed by atoms with Crippen molar-refractivity contribution >= 4 is 28.2 Å². The minimum atomic E-state index is -2.54. The molecule has 1 amide bonds. The number of nitrogen functional groups attached to an aromatic ring is 1. The van der Waals surface area contributed by atoms with Crippen molar-refractivity contribution in [2.75, 3.05) is 17.6 Å². The van der Waals surface area contributed by atoms with E-state index in [9.17, 15) is 13.2 Å². The molecule has 1 aromatic rings. The monoisotopic (exact) mass is 271 g/mol. The van der Waals surface area contributed by atoms with E-state index in [2.05, 4.69) is 10.0 Å². The first-order chi connectivity index (χ1) is 8.58. The summed E-state index contributed by atoms with van der Waals surface area (Å²) >= 11 is 0. The molecule has 1 rings (SSSR count). The highest BCUT2D eigenvalue weighted by Gasteiger charge is 2.01. The van der Waals surface area contributed by atoms with Gasteiger partial charge in [-0.3, -0.25) is 4.79 Å². The van der Waals surface area contributed by atoms with Gasteiger partial charge in [-0.2, -0.15) is 0 Å². The van der Waals surface area contributed by atoms with Gasteiger partial charge in [0.25, 0.3) is 0 Å². The Kier molecular flexibility index (Phi) is 6.16. The minimum absolute atomic E-state index is 0.0914. The van der Waals surface area contributed by atoms with Crippen LogP contribution < -0.4 is 15.8 Å². The molecule has 100 valence electrons. The van der Waals surface area contributed by atoms with Crippen LogP contribution in [0.4, 0.5) is 11.4 Å². The van der Waals surface area contributed by atoms with E-state index in [1.807, 2.05) is 0 Å². The Bertz CT molecular complexity index is 449. The number of carbonyl (C=O) groups is 1. The highest BCUT2D eigenvalue weighted by Crippen LogP contribution is 2.11. The number of unbranched alkanes of at least 4 members (excludes halogenated alkanes) is 1. The van der Waals surface area contributed by atoms with E-state index in [-0.39, 0.29) is 5.91 Å². The van der Waals surface area contributed by atoms with Crippen LogP contribution in [0.2, 0.25) is 0 Å². The van der Waals surface area contributed by atoms with Gasteiger partial charge in [0.05, 0.1) is 0 Å². The first-order valence-corrected chi connectivity index (χ1v) is 6.79. The van der Waals surface area contributed by atoms with Crippen LogP contribution in [-0.2, 0) is 15.7 Å². The largest absolute Gasteiger partial charge is 0.399 e. The zero-order valence-electron chi connectivity index (χ0n) is 9.89. The van der Waals surface area contributed by atoms with Crippen LogP contribution in [0.25, 0.3) is 0 Å². The van der Waals surface area contributed by atoms with Gasteiger partial charge in [-0.15, -0.1) is 0 Å². The summed E-state index contributed by atoms with van der Waals surface area (Å²) in [4.78, 5) is 11.5. The lowest BCUT2D eigenvalue weighted by Gasteiger charge is -2.05. The maximum Gasteiger partial charge on any atom is 0.224 e. The van der Waals surface area contributed by atoms with Crippen LogP contribution in [0.1, 0.15) is 19.3 Å². The van der Waals surface area contributed by atoms with E-state index >= 15 is 0 Å². The number of hydrogen-bond donors (Lipinski definition) is 4. The smallest absolute Gasteiger partial charge is 0.224 e. The van der Waals surface area contributed by atoms with Crippen molar-refractivity contribution in [3.63, 3.8) is 0 Å². The Morgan fingerprint density at radius 1 is 1.17 bits per heavy atom. The van der Waals surface area contributed by atoms with Crippen LogP contribution >= 0.6 is 0 Å². The van der Waals surface area contributed by atoms with Gasteiger partial charge in [0.1, 0.15) is 0 Å². The standard InChI is InChI=1S/C11H17N3O3S/c12-9-4-6-10(7-5-9)14-11(15)3-1-2-8-13-18(16)17/h4-7,18H,1-3,8,12H2,(H,14,15)(H,13,16,17). The van der Waals surface area contributed by atoms with Crippen molar-refractivity contribution in [2.24, 2.45) is 0 Å². The molecule has 0 aliphatic carbocycles. The maximum atomic E-state index is 11.5. The Hall–Kier alpha value is -1.60. The fraction of sp³-hybridized carbons (Fsp3) is 0.364. The summed E-state index contributed by atoms with van der Waals surface area (Å²) in [5.74, 6) is -0.0914. The van der Waals surface area contributed by atoms with E-state index in [1.54, 1.807) is 24.3 Å². The number of carbonyl (C=O) groups excluding carboxylic acids is 1. The molecule has 0 radical (unpaired) electrons. The highest BCUT2D eigenvalue weighted by molar-refractivity contribution is 7.70. The molecule has 6 nitrogen and oxygen atoms in total. The lowest BCUT2D eigenvalue weighted by Crippen LogP contribution is -2.14. The molecule has 0 aliphatic rings. The number of amides is 1. The second kappa shape index (κ2) is 7.67. The van der Waals surface area contributed by atoms with Crippen LogP contribution in [-0.4, -0.2) is 20.9 Å². The highest BCUT2D eigenvalue weighted by atomic mass is 32.2. The van der Waals surface area contributed by atoms with Gasteiger partial charge in [-0.25, -0.2) is 13.1 Å². The topological polar surface area (TPSA) is 101 Å². The number of nitrogens with two attached hydrogens (primary N) is 1. The zero-order valence-corrected chi connectivity index (χ0v) is 10.8. The van der Waals surface area contributed by atoms with Crippen molar-refractivity contribution in [3.8, 4) is 0 Å². The maximum absolute atomic E-state index is 11.5. The predicted molar refractivity (Wildman–Crippen MR) is 71.7 cm³/mol. The molecule has 1 aromatic carbocycles. The number of rotatable bonds is 7. The van der Waals surface area contributed by atoms with Crippen LogP contribution in [0, 0.1) is 0 Å². The average molecular weight is 271 g/mol. The number of anilines is 2. The Labute approximate surface area is 108 Å². The molecule has 0 fully saturated rings. The molecule has 0 unspecified atom stereocenters. The van der Waals surface area contributed by atoms with Crippen molar-refractivity contribution in [3.05, 3.63) is 24.3 Å². The lowest BCUT2D eigenvalue weighted by atomic mass is 10.2. The van der Waals surface area contributed by atoms with E-state index in [0.717, 1.165) is 0 Å². The fourth-order valence-corrected chi connectivity index (χ4v) is 1.71. The summed E-state index contributed by atoms with van der Waals surface area (Å²) in [5.41, 5.74) is 6.87. The summed E-state index contributed by atoms with van der Waals surface area (Å²) in [6.45, 7) is 0.369. The van der Waals surface area contributed by atoms with Gasteiger partial charge < -0.3 is 11.1 Å². The number of benzene rings is 1. The van der Waals surface area contributed by atoms with Gasteiger partial charge in [-0.05, 0) is 37.1 Å². The first-order valence-electron chi connectivity index (χ1n) is 5.61. The molecule has 0 atom stereocenters. The number of hydrogen-bond acceptors (Lipinski definition) is 4. The molecule has 18 heavy (non-hydrogen) atoms. The van der Waals surface area contributed by atoms with Crippen molar-refractivity contribution in [2.45, 2.75) is 19.3 Å². The third kappa shape index (κ3) is 6.21. The average Bonchev–Trinajstić information content (AvgIpc) is 2.31. The molecule has 0 aliphatic heterocycles. The van der Waals surface area contributed by atoms with Gasteiger partial charge >= 0.3 is 0 Å². The van der Waals surface area contributed by atoms with Crippen molar-refractivity contribution < 1.29 is 13.2 Å². The van der Waals surface area contributed by atoms with E-state index in [0.29, 0.717) is 37.2 Å². The van der Waals surface area contributed by atoms with Crippen LogP contribution in [0.3, 0.4) is 0 Å². The number of thiol groups is 1. The molecule has 4 N–H and O–H groups in total. The summed E-state index contributed by atoms with van der Waals surface area (Å²) < 4.78 is 22.7. The summed E-state index contributed by atoms with van der Waals surface area (Å²) in [7, 11) is -2.54. The lowest BCUT2D eigenvalue weighted by molar-refractivity contribution is -0.116. The molecule has 7 heteroatoms. The zero-order chi connectivity index (χ0) is 13.4. The van der Waals surface area contributed by atoms with Gasteiger partial charge in [0, 0.05) is 24.3 Å². The quantitative estimate of drug-likeness (QED) is 0.329. The third-order valence-corrected chi connectivity index (χ3v) is 2.75. The molecule has 0 aromatic heterocycles. The molecule has 0 saturated heterocycles. The molecule has 0 heterocycles. The Morgan fingerprint density at radius 2 is 1.83 bits per heavy atom. The second-order valence-corrected chi connectivity index (χ2v) is 4.62. The van der Waals surface area contributed by atoms with Crippen molar-refractivity contribution in [1.29, 1.82) is 0 Å². The van der Waals surface area contributed by atoms with Crippen LogP contribution in [0.15, 0.2) is 24.3 Å². The van der Waals surface area contributed by atoms with Crippen molar-refractivity contribution in [1.82, 2.24) is 4.72 Å². The molecule has 0 bridgehead atoms. The Morgan fingerprint density at radius 3 is 2.44 bits per heavy atom. The SMILES string of the molecule is Nc1ccc(NC(=O)CCCCN[SH](=O)=O)cc1. The minimum Gasteiger partial charge on any atom is -0.399 e. The van der Waals surface area contributed by atoms with E-state index in [4.69, 9.17) is 5.73 Å². The fourth-order valence-electron chi connectivity index (χ4n) is 1.37. The molecular formula is C11H17N3O3S.